The fourth-order valence-electron chi connectivity index (χ4n) is 4.07. The van der Waals surface area contributed by atoms with Crippen LogP contribution in [0.25, 0.3) is 5.76 Å². The number of Topliss-reactive ketones (excluding diaryl/α,β-unsaturated/α-hetero) is 1. The quantitative estimate of drug-likeness (QED) is 0.346. The Hall–Kier alpha value is -4.13. The number of anilines is 1. The number of halogens is 1. The molecule has 6 nitrogen and oxygen atoms in total. The molecule has 168 valence electrons. The maximum absolute atomic E-state index is 13.6. The Morgan fingerprint density at radius 3 is 2.24 bits per heavy atom. The number of carbonyl (C=O) groups is 2. The summed E-state index contributed by atoms with van der Waals surface area (Å²) in [6.45, 7) is 1.81. The summed E-state index contributed by atoms with van der Waals surface area (Å²) in [5.41, 5.74) is 1.86. The number of amides is 1. The standard InChI is InChI=1S/C26H22FNO5/c1-15-14-16(8-13-20(15)32-2)24(29)22-23(19-6-4-5-7-21(19)33-3)28(26(31)25(22)30)18-11-9-17(27)10-12-18/h4-14,23,29H,1-3H3/b24-22+. The SMILES string of the molecule is COc1ccc(/C(O)=C2\C(=O)C(=O)N(c3ccc(F)cc3)C2c2ccccc2OC)cc1C. The Bertz CT molecular complexity index is 1270. The molecule has 0 saturated carbocycles. The van der Waals surface area contributed by atoms with Crippen LogP contribution >= 0.6 is 0 Å². The van der Waals surface area contributed by atoms with Crippen molar-refractivity contribution in [1.29, 1.82) is 0 Å². The van der Waals surface area contributed by atoms with Gasteiger partial charge in [-0.25, -0.2) is 4.39 Å². The smallest absolute Gasteiger partial charge is 0.300 e. The fourth-order valence-corrected chi connectivity index (χ4v) is 4.07. The lowest BCUT2D eigenvalue weighted by Gasteiger charge is -2.26. The van der Waals surface area contributed by atoms with Gasteiger partial charge in [0.1, 0.15) is 23.1 Å². The Kier molecular flexibility index (Phi) is 5.87. The molecule has 0 aromatic heterocycles. The van der Waals surface area contributed by atoms with E-state index in [1.807, 2.05) is 6.92 Å². The van der Waals surface area contributed by atoms with Crippen molar-refractivity contribution in [3.05, 3.63) is 94.8 Å². The number of nitrogens with zero attached hydrogens (tertiary/aromatic N) is 1. The van der Waals surface area contributed by atoms with Gasteiger partial charge in [0, 0.05) is 16.8 Å². The maximum atomic E-state index is 13.6. The van der Waals surface area contributed by atoms with Crippen LogP contribution in [0.2, 0.25) is 0 Å². The molecule has 1 amide bonds. The zero-order valence-electron chi connectivity index (χ0n) is 18.3. The minimum absolute atomic E-state index is 0.0848. The molecule has 1 aliphatic rings. The van der Waals surface area contributed by atoms with E-state index in [4.69, 9.17) is 9.47 Å². The van der Waals surface area contributed by atoms with Gasteiger partial charge in [0.25, 0.3) is 11.7 Å². The third-order valence-electron chi connectivity index (χ3n) is 5.65. The zero-order chi connectivity index (χ0) is 23.7. The van der Waals surface area contributed by atoms with Crippen molar-refractivity contribution in [2.75, 3.05) is 19.1 Å². The number of aliphatic hydroxyl groups is 1. The highest BCUT2D eigenvalue weighted by Gasteiger charge is 2.47. The number of methoxy groups -OCH3 is 2. The number of rotatable bonds is 5. The van der Waals surface area contributed by atoms with E-state index < -0.39 is 23.5 Å². The minimum Gasteiger partial charge on any atom is -0.507 e. The summed E-state index contributed by atoms with van der Waals surface area (Å²) in [4.78, 5) is 27.6. The molecule has 0 bridgehead atoms. The summed E-state index contributed by atoms with van der Waals surface area (Å²) in [6, 6.07) is 16.2. The van der Waals surface area contributed by atoms with Gasteiger partial charge in [0.05, 0.1) is 25.8 Å². The molecule has 0 radical (unpaired) electrons. The Morgan fingerprint density at radius 1 is 0.939 bits per heavy atom. The number of hydrogen-bond acceptors (Lipinski definition) is 5. The first-order valence-corrected chi connectivity index (χ1v) is 10.2. The van der Waals surface area contributed by atoms with E-state index in [1.165, 1.54) is 43.4 Å². The number of ether oxygens (including phenoxy) is 2. The van der Waals surface area contributed by atoms with Crippen LogP contribution in [0.5, 0.6) is 11.5 Å². The Morgan fingerprint density at radius 2 is 1.61 bits per heavy atom. The molecule has 3 aromatic carbocycles. The number of para-hydroxylation sites is 1. The highest BCUT2D eigenvalue weighted by atomic mass is 19.1. The molecule has 1 saturated heterocycles. The first kappa shape index (κ1) is 22.1. The van der Waals surface area contributed by atoms with Crippen molar-refractivity contribution in [2.24, 2.45) is 0 Å². The molecule has 1 atom stereocenters. The van der Waals surface area contributed by atoms with Gasteiger partial charge in [-0.1, -0.05) is 18.2 Å². The van der Waals surface area contributed by atoms with Gasteiger partial charge in [0.15, 0.2) is 0 Å². The monoisotopic (exact) mass is 447 g/mol. The predicted octanol–water partition coefficient (Wildman–Crippen LogP) is 4.78. The first-order valence-electron chi connectivity index (χ1n) is 10.2. The third kappa shape index (κ3) is 3.82. The van der Waals surface area contributed by atoms with Crippen LogP contribution in [-0.4, -0.2) is 31.0 Å². The van der Waals surface area contributed by atoms with Crippen LogP contribution in [0.3, 0.4) is 0 Å². The van der Waals surface area contributed by atoms with Crippen molar-refractivity contribution < 1.29 is 28.6 Å². The molecule has 33 heavy (non-hydrogen) atoms. The van der Waals surface area contributed by atoms with Crippen molar-refractivity contribution >= 4 is 23.1 Å². The number of aliphatic hydroxyl groups excluding tert-OH is 1. The molecular formula is C26H22FNO5. The van der Waals surface area contributed by atoms with Gasteiger partial charge in [-0.15, -0.1) is 0 Å². The molecule has 1 unspecified atom stereocenters. The van der Waals surface area contributed by atoms with Gasteiger partial charge in [-0.3, -0.25) is 14.5 Å². The van der Waals surface area contributed by atoms with Crippen LogP contribution in [0, 0.1) is 12.7 Å². The topological polar surface area (TPSA) is 76.1 Å². The van der Waals surface area contributed by atoms with Crippen molar-refractivity contribution in [3.8, 4) is 11.5 Å². The second-order valence-electron chi connectivity index (χ2n) is 7.57. The van der Waals surface area contributed by atoms with Gasteiger partial charge in [-0.2, -0.15) is 0 Å². The van der Waals surface area contributed by atoms with E-state index in [2.05, 4.69) is 0 Å². The highest BCUT2D eigenvalue weighted by Crippen LogP contribution is 2.45. The first-order chi connectivity index (χ1) is 15.9. The number of hydrogen-bond donors (Lipinski definition) is 1. The lowest BCUT2D eigenvalue weighted by atomic mass is 9.94. The van der Waals surface area contributed by atoms with E-state index in [9.17, 15) is 19.1 Å². The second kappa shape index (κ2) is 8.78. The van der Waals surface area contributed by atoms with Crippen LogP contribution in [0.1, 0.15) is 22.7 Å². The molecular weight excluding hydrogens is 425 g/mol. The average Bonchev–Trinajstić information content (AvgIpc) is 3.09. The summed E-state index contributed by atoms with van der Waals surface area (Å²) >= 11 is 0. The number of ketones is 1. The molecule has 1 heterocycles. The minimum atomic E-state index is -0.978. The Balaban J connectivity index is 1.97. The normalized spacial score (nSPS) is 17.3. The van der Waals surface area contributed by atoms with Gasteiger partial charge >= 0.3 is 0 Å². The summed E-state index contributed by atoms with van der Waals surface area (Å²) < 4.78 is 24.3. The molecule has 1 aliphatic heterocycles. The molecule has 1 fully saturated rings. The molecule has 0 spiro atoms. The Labute approximate surface area is 190 Å². The zero-order valence-corrected chi connectivity index (χ0v) is 18.3. The summed E-state index contributed by atoms with van der Waals surface area (Å²) in [5, 5.41) is 11.2. The summed E-state index contributed by atoms with van der Waals surface area (Å²) in [5.74, 6) is -1.41. The van der Waals surface area contributed by atoms with Crippen LogP contribution in [0.15, 0.2) is 72.3 Å². The largest absolute Gasteiger partial charge is 0.507 e. The predicted molar refractivity (Wildman–Crippen MR) is 122 cm³/mol. The van der Waals surface area contributed by atoms with E-state index in [0.29, 0.717) is 28.3 Å². The number of benzene rings is 3. The maximum Gasteiger partial charge on any atom is 0.300 e. The average molecular weight is 447 g/mol. The van der Waals surface area contributed by atoms with E-state index in [1.54, 1.807) is 42.5 Å². The molecule has 3 aromatic rings. The summed E-state index contributed by atoms with van der Waals surface area (Å²) in [7, 11) is 3.02. The highest BCUT2D eigenvalue weighted by molar-refractivity contribution is 6.51. The van der Waals surface area contributed by atoms with E-state index in [-0.39, 0.29) is 11.3 Å². The lowest BCUT2D eigenvalue weighted by molar-refractivity contribution is -0.132. The molecule has 4 rings (SSSR count). The molecule has 0 aliphatic carbocycles. The summed E-state index contributed by atoms with van der Waals surface area (Å²) in [6.07, 6.45) is 0. The number of carbonyl (C=O) groups excluding carboxylic acids is 2. The number of aryl methyl sites for hydroxylation is 1. The van der Waals surface area contributed by atoms with E-state index >= 15 is 0 Å². The fraction of sp³-hybridized carbons (Fsp3) is 0.154. The molecule has 7 heteroatoms. The van der Waals surface area contributed by atoms with Gasteiger partial charge < -0.3 is 14.6 Å². The van der Waals surface area contributed by atoms with Crippen molar-refractivity contribution in [1.82, 2.24) is 0 Å². The van der Waals surface area contributed by atoms with Crippen LogP contribution in [0.4, 0.5) is 10.1 Å². The lowest BCUT2D eigenvalue weighted by Crippen LogP contribution is -2.29. The van der Waals surface area contributed by atoms with Gasteiger partial charge in [0.2, 0.25) is 0 Å². The third-order valence-corrected chi connectivity index (χ3v) is 5.65. The van der Waals surface area contributed by atoms with Crippen molar-refractivity contribution in [2.45, 2.75) is 13.0 Å². The molecule has 1 N–H and O–H groups in total. The second-order valence-corrected chi connectivity index (χ2v) is 7.57. The van der Waals surface area contributed by atoms with E-state index in [0.717, 1.165) is 5.56 Å². The van der Waals surface area contributed by atoms with Crippen LogP contribution in [-0.2, 0) is 9.59 Å². The van der Waals surface area contributed by atoms with Gasteiger partial charge in [-0.05, 0) is 61.0 Å². The van der Waals surface area contributed by atoms with Crippen molar-refractivity contribution in [3.63, 3.8) is 0 Å². The van der Waals surface area contributed by atoms with Crippen LogP contribution < -0.4 is 14.4 Å².